The molecule has 0 unspecified atom stereocenters. The predicted molar refractivity (Wildman–Crippen MR) is 63.8 cm³/mol. The lowest BCUT2D eigenvalue weighted by Crippen LogP contribution is -2.10. The van der Waals surface area contributed by atoms with Crippen LogP contribution in [0.25, 0.3) is 11.0 Å². The van der Waals surface area contributed by atoms with Gasteiger partial charge in [-0.3, -0.25) is 4.79 Å². The van der Waals surface area contributed by atoms with Gasteiger partial charge in [0.1, 0.15) is 5.58 Å². The van der Waals surface area contributed by atoms with Crippen LogP contribution in [0.4, 0.5) is 0 Å². The number of ether oxygens (including phenoxy) is 1. The minimum absolute atomic E-state index is 0.100. The summed E-state index contributed by atoms with van der Waals surface area (Å²) in [5.74, 6) is -0.613. The second-order valence-electron chi connectivity index (χ2n) is 3.54. The number of hydrogen-bond acceptors (Lipinski definition) is 5. The lowest BCUT2D eigenvalue weighted by Gasteiger charge is -2.05. The van der Waals surface area contributed by atoms with Crippen molar-refractivity contribution in [1.82, 2.24) is 0 Å². The van der Waals surface area contributed by atoms with Crippen LogP contribution < -0.4 is 5.63 Å². The molecule has 0 aliphatic carbocycles. The number of rotatable bonds is 3. The number of fused-ring (bicyclic) bond motifs is 1. The van der Waals surface area contributed by atoms with Crippen molar-refractivity contribution in [2.24, 2.45) is 0 Å². The normalized spacial score (nSPS) is 10.3. The fraction of sp³-hybridized carbons (Fsp3) is 0.154. The first-order chi connectivity index (χ1) is 8.67. The molecule has 0 N–H and O–H groups in total. The standard InChI is InChI=1S/C13H10O5/c1-2-17-13(16)10-6-11(15)18-12-8(7-14)4-3-5-9(10)12/h3-7H,2H2,1H3. The molecule has 1 heterocycles. The van der Waals surface area contributed by atoms with Gasteiger partial charge in [0.2, 0.25) is 0 Å². The molecule has 0 aliphatic rings. The zero-order valence-corrected chi connectivity index (χ0v) is 9.64. The van der Waals surface area contributed by atoms with Gasteiger partial charge in [-0.05, 0) is 13.0 Å². The smallest absolute Gasteiger partial charge is 0.339 e. The second-order valence-corrected chi connectivity index (χ2v) is 3.54. The number of hydrogen-bond donors (Lipinski definition) is 0. The Balaban J connectivity index is 2.78. The molecule has 0 aliphatic heterocycles. The van der Waals surface area contributed by atoms with E-state index in [1.807, 2.05) is 0 Å². The van der Waals surface area contributed by atoms with E-state index in [1.54, 1.807) is 19.1 Å². The third-order valence-corrected chi connectivity index (χ3v) is 2.42. The van der Waals surface area contributed by atoms with E-state index < -0.39 is 11.6 Å². The molecule has 0 spiro atoms. The van der Waals surface area contributed by atoms with Gasteiger partial charge in [-0.25, -0.2) is 9.59 Å². The van der Waals surface area contributed by atoms with Gasteiger partial charge in [0, 0.05) is 11.5 Å². The summed E-state index contributed by atoms with van der Waals surface area (Å²) in [6.45, 7) is 1.87. The van der Waals surface area contributed by atoms with Crippen molar-refractivity contribution in [1.29, 1.82) is 0 Å². The Bertz CT molecular complexity index is 669. The molecule has 0 bridgehead atoms. The molecule has 5 heteroatoms. The van der Waals surface area contributed by atoms with Gasteiger partial charge in [0.15, 0.2) is 6.29 Å². The van der Waals surface area contributed by atoms with Gasteiger partial charge < -0.3 is 9.15 Å². The molecule has 0 atom stereocenters. The fourth-order valence-corrected chi connectivity index (χ4v) is 1.68. The molecule has 0 amide bonds. The second kappa shape index (κ2) is 4.83. The van der Waals surface area contributed by atoms with Crippen LogP contribution in [0.3, 0.4) is 0 Å². The highest BCUT2D eigenvalue weighted by Crippen LogP contribution is 2.20. The maximum atomic E-state index is 11.7. The Kier molecular flexibility index (Phi) is 3.23. The van der Waals surface area contributed by atoms with Crippen molar-refractivity contribution in [3.05, 3.63) is 45.8 Å². The summed E-state index contributed by atoms with van der Waals surface area (Å²) in [5, 5.41) is 0.387. The SMILES string of the molecule is CCOC(=O)c1cc(=O)oc2c(C=O)cccc12. The summed E-state index contributed by atoms with van der Waals surface area (Å²) in [5.41, 5.74) is -0.273. The van der Waals surface area contributed by atoms with Crippen LogP contribution in [0.5, 0.6) is 0 Å². The van der Waals surface area contributed by atoms with Gasteiger partial charge >= 0.3 is 11.6 Å². The van der Waals surface area contributed by atoms with Crippen LogP contribution in [0.15, 0.2) is 33.5 Å². The van der Waals surface area contributed by atoms with Crippen LogP contribution in [0.1, 0.15) is 27.6 Å². The van der Waals surface area contributed by atoms with E-state index >= 15 is 0 Å². The molecular formula is C13H10O5. The number of carbonyl (C=O) groups excluding carboxylic acids is 2. The maximum Gasteiger partial charge on any atom is 0.339 e. The zero-order chi connectivity index (χ0) is 13.1. The van der Waals surface area contributed by atoms with E-state index in [0.29, 0.717) is 11.7 Å². The van der Waals surface area contributed by atoms with Gasteiger partial charge in [-0.15, -0.1) is 0 Å². The lowest BCUT2D eigenvalue weighted by atomic mass is 10.1. The summed E-state index contributed by atoms with van der Waals surface area (Å²) >= 11 is 0. The first-order valence-electron chi connectivity index (χ1n) is 5.36. The monoisotopic (exact) mass is 246 g/mol. The zero-order valence-electron chi connectivity index (χ0n) is 9.64. The van der Waals surface area contributed by atoms with Gasteiger partial charge in [-0.1, -0.05) is 12.1 Å². The van der Waals surface area contributed by atoms with E-state index in [0.717, 1.165) is 6.07 Å². The van der Waals surface area contributed by atoms with Gasteiger partial charge in [0.05, 0.1) is 17.7 Å². The van der Waals surface area contributed by atoms with Crippen LogP contribution in [-0.2, 0) is 4.74 Å². The highest BCUT2D eigenvalue weighted by atomic mass is 16.5. The topological polar surface area (TPSA) is 73.6 Å². The molecule has 0 saturated carbocycles. The Labute approximate surface area is 102 Å². The van der Waals surface area contributed by atoms with Crippen LogP contribution >= 0.6 is 0 Å². The minimum atomic E-state index is -0.695. The fourth-order valence-electron chi connectivity index (χ4n) is 1.68. The van der Waals surface area contributed by atoms with E-state index in [9.17, 15) is 14.4 Å². The van der Waals surface area contributed by atoms with Crippen LogP contribution in [0.2, 0.25) is 0 Å². The van der Waals surface area contributed by atoms with E-state index in [1.165, 1.54) is 6.07 Å². The summed E-state index contributed by atoms with van der Waals surface area (Å²) in [6, 6.07) is 5.77. The molecule has 2 aromatic rings. The molecule has 1 aromatic heterocycles. The van der Waals surface area contributed by atoms with E-state index in [4.69, 9.17) is 9.15 Å². The Morgan fingerprint density at radius 3 is 2.89 bits per heavy atom. The Morgan fingerprint density at radius 1 is 1.44 bits per heavy atom. The van der Waals surface area contributed by atoms with Crippen molar-refractivity contribution < 1.29 is 18.7 Å². The summed E-state index contributed by atoms with van der Waals surface area (Å²) in [7, 11) is 0. The van der Waals surface area contributed by atoms with E-state index in [-0.39, 0.29) is 23.3 Å². The van der Waals surface area contributed by atoms with Crippen molar-refractivity contribution in [3.63, 3.8) is 0 Å². The third kappa shape index (κ3) is 2.02. The first kappa shape index (κ1) is 12.0. The van der Waals surface area contributed by atoms with Crippen molar-refractivity contribution >= 4 is 23.2 Å². The third-order valence-electron chi connectivity index (χ3n) is 2.42. The highest BCUT2D eigenvalue weighted by Gasteiger charge is 2.15. The Hall–Kier alpha value is -2.43. The molecule has 0 radical (unpaired) electrons. The summed E-state index contributed by atoms with van der Waals surface area (Å²) in [4.78, 5) is 34.0. The average molecular weight is 246 g/mol. The average Bonchev–Trinajstić information content (AvgIpc) is 2.37. The Morgan fingerprint density at radius 2 is 2.22 bits per heavy atom. The van der Waals surface area contributed by atoms with E-state index in [2.05, 4.69) is 0 Å². The van der Waals surface area contributed by atoms with Crippen LogP contribution in [-0.4, -0.2) is 18.9 Å². The number of benzene rings is 1. The first-order valence-corrected chi connectivity index (χ1v) is 5.36. The minimum Gasteiger partial charge on any atom is -0.462 e. The number of esters is 1. The lowest BCUT2D eigenvalue weighted by molar-refractivity contribution is 0.0527. The van der Waals surface area contributed by atoms with Crippen LogP contribution in [0, 0.1) is 0 Å². The highest BCUT2D eigenvalue weighted by molar-refractivity contribution is 6.06. The summed E-state index contributed by atoms with van der Waals surface area (Å²) in [6.07, 6.45) is 0.570. The molecular weight excluding hydrogens is 236 g/mol. The molecule has 92 valence electrons. The molecule has 0 saturated heterocycles. The molecule has 5 nitrogen and oxygen atoms in total. The van der Waals surface area contributed by atoms with Crippen molar-refractivity contribution in [2.75, 3.05) is 6.61 Å². The van der Waals surface area contributed by atoms with Gasteiger partial charge in [0.25, 0.3) is 0 Å². The number of para-hydroxylation sites is 1. The predicted octanol–water partition coefficient (Wildman–Crippen LogP) is 1.78. The summed E-state index contributed by atoms with van der Waals surface area (Å²) < 4.78 is 9.81. The quantitative estimate of drug-likeness (QED) is 0.469. The largest absolute Gasteiger partial charge is 0.462 e. The molecule has 2 rings (SSSR count). The molecule has 18 heavy (non-hydrogen) atoms. The van der Waals surface area contributed by atoms with Gasteiger partial charge in [-0.2, -0.15) is 0 Å². The van der Waals surface area contributed by atoms with Crippen molar-refractivity contribution in [3.8, 4) is 0 Å². The maximum absolute atomic E-state index is 11.7. The molecule has 1 aromatic carbocycles. The molecule has 0 fully saturated rings. The number of aldehydes is 1. The van der Waals surface area contributed by atoms with Crippen molar-refractivity contribution in [2.45, 2.75) is 6.92 Å². The number of carbonyl (C=O) groups is 2.